The number of hydrogen-bond donors (Lipinski definition) is 2. The summed E-state index contributed by atoms with van der Waals surface area (Å²) >= 11 is 0. The van der Waals surface area contributed by atoms with E-state index < -0.39 is 6.10 Å². The number of aryl methyl sites for hydroxylation is 1. The zero-order chi connectivity index (χ0) is 13.7. The quantitative estimate of drug-likeness (QED) is 0.810. The van der Waals surface area contributed by atoms with Crippen molar-refractivity contribution >= 4 is 5.69 Å². The summed E-state index contributed by atoms with van der Waals surface area (Å²) in [5, 5.41) is 10.2. The Bertz CT molecular complexity index is 523. The Labute approximate surface area is 113 Å². The molecule has 0 aliphatic carbocycles. The van der Waals surface area contributed by atoms with E-state index in [0.717, 1.165) is 17.7 Å². The lowest BCUT2D eigenvalue weighted by molar-refractivity contribution is 0.168. The van der Waals surface area contributed by atoms with E-state index in [0.29, 0.717) is 12.1 Å². The molecule has 0 saturated carbocycles. The standard InChI is InChI=1S/C16H19NO2/c1-19-13-9-6-12(7-10-13)8-11-16(18)14-4-2-3-5-15(14)17/h2-7,9-10,16,18H,8,11,17H2,1H3. The molecular formula is C16H19NO2. The molecule has 0 aromatic heterocycles. The smallest absolute Gasteiger partial charge is 0.118 e. The number of hydrogen-bond acceptors (Lipinski definition) is 3. The van der Waals surface area contributed by atoms with E-state index in [4.69, 9.17) is 10.5 Å². The molecule has 0 spiro atoms. The van der Waals surface area contributed by atoms with Gasteiger partial charge in [-0.05, 0) is 36.6 Å². The Morgan fingerprint density at radius 1 is 1.11 bits per heavy atom. The monoisotopic (exact) mass is 257 g/mol. The van der Waals surface area contributed by atoms with Gasteiger partial charge in [-0.25, -0.2) is 0 Å². The van der Waals surface area contributed by atoms with E-state index in [2.05, 4.69) is 0 Å². The van der Waals surface area contributed by atoms with Crippen LogP contribution in [0.2, 0.25) is 0 Å². The highest BCUT2D eigenvalue weighted by molar-refractivity contribution is 5.47. The molecule has 0 fully saturated rings. The number of para-hydroxylation sites is 1. The largest absolute Gasteiger partial charge is 0.497 e. The molecule has 0 aliphatic rings. The number of methoxy groups -OCH3 is 1. The first-order valence-corrected chi connectivity index (χ1v) is 6.36. The molecule has 0 heterocycles. The fourth-order valence-corrected chi connectivity index (χ4v) is 2.07. The van der Waals surface area contributed by atoms with Crippen LogP contribution in [0, 0.1) is 0 Å². The van der Waals surface area contributed by atoms with E-state index >= 15 is 0 Å². The lowest BCUT2D eigenvalue weighted by Crippen LogP contribution is -2.03. The molecule has 0 aliphatic heterocycles. The fraction of sp³-hybridized carbons (Fsp3) is 0.250. The predicted molar refractivity (Wildman–Crippen MR) is 77.1 cm³/mol. The molecule has 2 aromatic rings. The van der Waals surface area contributed by atoms with Gasteiger partial charge in [0.2, 0.25) is 0 Å². The van der Waals surface area contributed by atoms with Crippen LogP contribution in [-0.2, 0) is 6.42 Å². The lowest BCUT2D eigenvalue weighted by atomic mass is 10.00. The SMILES string of the molecule is COc1ccc(CCC(O)c2ccccc2N)cc1. The molecule has 0 saturated heterocycles. The molecule has 3 N–H and O–H groups in total. The zero-order valence-corrected chi connectivity index (χ0v) is 11.0. The zero-order valence-electron chi connectivity index (χ0n) is 11.0. The minimum Gasteiger partial charge on any atom is -0.497 e. The number of nitrogens with two attached hydrogens (primary N) is 1. The molecule has 3 heteroatoms. The number of nitrogen functional groups attached to an aromatic ring is 1. The average molecular weight is 257 g/mol. The number of rotatable bonds is 5. The van der Waals surface area contributed by atoms with Crippen molar-refractivity contribution in [2.75, 3.05) is 12.8 Å². The molecule has 1 atom stereocenters. The van der Waals surface area contributed by atoms with Crippen molar-refractivity contribution < 1.29 is 9.84 Å². The first-order valence-electron chi connectivity index (χ1n) is 6.36. The van der Waals surface area contributed by atoms with Crippen LogP contribution < -0.4 is 10.5 Å². The Balaban J connectivity index is 1.96. The summed E-state index contributed by atoms with van der Waals surface area (Å²) in [7, 11) is 1.65. The molecule has 0 radical (unpaired) electrons. The lowest BCUT2D eigenvalue weighted by Gasteiger charge is -2.13. The molecule has 3 nitrogen and oxygen atoms in total. The van der Waals surface area contributed by atoms with Gasteiger partial charge in [0.1, 0.15) is 5.75 Å². The highest BCUT2D eigenvalue weighted by Crippen LogP contribution is 2.24. The highest BCUT2D eigenvalue weighted by atomic mass is 16.5. The van der Waals surface area contributed by atoms with Crippen molar-refractivity contribution in [2.24, 2.45) is 0 Å². The maximum atomic E-state index is 10.2. The maximum absolute atomic E-state index is 10.2. The first-order chi connectivity index (χ1) is 9.20. The minimum atomic E-state index is -0.525. The van der Waals surface area contributed by atoms with Crippen molar-refractivity contribution in [1.29, 1.82) is 0 Å². The maximum Gasteiger partial charge on any atom is 0.118 e. The molecule has 100 valence electrons. The molecule has 2 aromatic carbocycles. The van der Waals surface area contributed by atoms with Crippen LogP contribution in [0.5, 0.6) is 5.75 Å². The van der Waals surface area contributed by atoms with E-state index in [1.165, 1.54) is 5.56 Å². The number of ether oxygens (including phenoxy) is 1. The van der Waals surface area contributed by atoms with Crippen LogP contribution >= 0.6 is 0 Å². The van der Waals surface area contributed by atoms with Gasteiger partial charge < -0.3 is 15.6 Å². The molecule has 0 amide bonds. The van der Waals surface area contributed by atoms with Crippen LogP contribution in [0.3, 0.4) is 0 Å². The van der Waals surface area contributed by atoms with Crippen LogP contribution in [0.15, 0.2) is 48.5 Å². The van der Waals surface area contributed by atoms with E-state index in [1.807, 2.05) is 48.5 Å². The second-order valence-corrected chi connectivity index (χ2v) is 4.53. The van der Waals surface area contributed by atoms with Crippen molar-refractivity contribution in [1.82, 2.24) is 0 Å². The summed E-state index contributed by atoms with van der Waals surface area (Å²) in [5.74, 6) is 0.844. The number of aliphatic hydroxyl groups excluding tert-OH is 1. The van der Waals surface area contributed by atoms with Gasteiger partial charge in [0.15, 0.2) is 0 Å². The van der Waals surface area contributed by atoms with Crippen molar-refractivity contribution in [3.8, 4) is 5.75 Å². The van der Waals surface area contributed by atoms with Crippen molar-refractivity contribution in [3.05, 3.63) is 59.7 Å². The third kappa shape index (κ3) is 3.48. The fourth-order valence-electron chi connectivity index (χ4n) is 2.07. The second kappa shape index (κ2) is 6.25. The van der Waals surface area contributed by atoms with Gasteiger partial charge in [-0.1, -0.05) is 30.3 Å². The van der Waals surface area contributed by atoms with Crippen molar-refractivity contribution in [2.45, 2.75) is 18.9 Å². The summed E-state index contributed by atoms with van der Waals surface area (Å²) < 4.78 is 5.11. The Morgan fingerprint density at radius 3 is 2.42 bits per heavy atom. The topological polar surface area (TPSA) is 55.5 Å². The molecule has 2 rings (SSSR count). The van der Waals surface area contributed by atoms with Gasteiger partial charge in [0.25, 0.3) is 0 Å². The predicted octanol–water partition coefficient (Wildman–Crippen LogP) is 2.94. The summed E-state index contributed by atoms with van der Waals surface area (Å²) in [6.07, 6.45) is 0.934. The van der Waals surface area contributed by atoms with Gasteiger partial charge in [-0.3, -0.25) is 0 Å². The second-order valence-electron chi connectivity index (χ2n) is 4.53. The van der Waals surface area contributed by atoms with Gasteiger partial charge in [-0.15, -0.1) is 0 Å². The van der Waals surface area contributed by atoms with Gasteiger partial charge in [-0.2, -0.15) is 0 Å². The van der Waals surface area contributed by atoms with Gasteiger partial charge in [0, 0.05) is 11.3 Å². The summed E-state index contributed by atoms with van der Waals surface area (Å²) in [6.45, 7) is 0. The number of anilines is 1. The van der Waals surface area contributed by atoms with Crippen LogP contribution in [-0.4, -0.2) is 12.2 Å². The van der Waals surface area contributed by atoms with Crippen LogP contribution in [0.25, 0.3) is 0 Å². The van der Waals surface area contributed by atoms with E-state index in [-0.39, 0.29) is 0 Å². The normalized spacial score (nSPS) is 12.1. The molecule has 0 bridgehead atoms. The van der Waals surface area contributed by atoms with Crippen molar-refractivity contribution in [3.63, 3.8) is 0 Å². The molecular weight excluding hydrogens is 238 g/mol. The van der Waals surface area contributed by atoms with Gasteiger partial charge in [0.05, 0.1) is 13.2 Å². The number of benzene rings is 2. The number of aliphatic hydroxyl groups is 1. The van der Waals surface area contributed by atoms with Gasteiger partial charge >= 0.3 is 0 Å². The summed E-state index contributed by atoms with van der Waals surface area (Å²) in [6, 6.07) is 15.3. The van der Waals surface area contributed by atoms with E-state index in [1.54, 1.807) is 7.11 Å². The third-order valence-electron chi connectivity index (χ3n) is 3.22. The minimum absolute atomic E-state index is 0.525. The van der Waals surface area contributed by atoms with Crippen LogP contribution in [0.4, 0.5) is 5.69 Å². The Kier molecular flexibility index (Phi) is 4.42. The Morgan fingerprint density at radius 2 is 1.79 bits per heavy atom. The molecule has 19 heavy (non-hydrogen) atoms. The Hall–Kier alpha value is -2.00. The summed E-state index contributed by atoms with van der Waals surface area (Å²) in [4.78, 5) is 0. The summed E-state index contributed by atoms with van der Waals surface area (Å²) in [5.41, 5.74) is 8.47. The first kappa shape index (κ1) is 13.4. The third-order valence-corrected chi connectivity index (χ3v) is 3.22. The molecule has 1 unspecified atom stereocenters. The highest BCUT2D eigenvalue weighted by Gasteiger charge is 2.10. The average Bonchev–Trinajstić information content (AvgIpc) is 2.46. The van der Waals surface area contributed by atoms with Crippen LogP contribution in [0.1, 0.15) is 23.7 Å². The van der Waals surface area contributed by atoms with E-state index in [9.17, 15) is 5.11 Å².